The van der Waals surface area contributed by atoms with E-state index >= 15 is 0 Å². The quantitative estimate of drug-likeness (QED) is 0.320. The maximum absolute atomic E-state index is 9.31. The van der Waals surface area contributed by atoms with Crippen molar-refractivity contribution >= 4 is 23.5 Å². The molecule has 1 aromatic rings. The molecule has 0 spiro atoms. The molecule has 0 amide bonds. The normalized spacial score (nSPS) is 10.3. The molecule has 6 heteroatoms. The zero-order valence-electron chi connectivity index (χ0n) is 7.14. The van der Waals surface area contributed by atoms with Gasteiger partial charge in [-0.05, 0) is 24.4 Å². The van der Waals surface area contributed by atoms with E-state index in [0.29, 0.717) is 5.56 Å². The molecule has 74 valence electrons. The van der Waals surface area contributed by atoms with Gasteiger partial charge in [-0.1, -0.05) is 0 Å². The van der Waals surface area contributed by atoms with E-state index in [9.17, 15) is 5.11 Å². The van der Waals surface area contributed by atoms with Crippen molar-refractivity contribution in [2.24, 2.45) is 10.8 Å². The Morgan fingerprint density at radius 3 is 2.79 bits per heavy atom. The van der Waals surface area contributed by atoms with Crippen LogP contribution in [0.2, 0.25) is 0 Å². The summed E-state index contributed by atoms with van der Waals surface area (Å²) in [5.74, 6) is -0.0829. The minimum absolute atomic E-state index is 0.0121. The van der Waals surface area contributed by atoms with E-state index < -0.39 is 0 Å². The number of phenolic OH excluding ortho intramolecular Hbond substituents is 2. The summed E-state index contributed by atoms with van der Waals surface area (Å²) < 4.78 is 0. The van der Waals surface area contributed by atoms with E-state index in [1.165, 1.54) is 24.4 Å². The number of thiocarbonyl (C=S) groups is 1. The number of aromatic hydroxyl groups is 2. The Morgan fingerprint density at radius 2 is 2.21 bits per heavy atom. The Labute approximate surface area is 85.9 Å². The number of hydrazone groups is 1. The molecule has 1 rings (SSSR count). The summed E-state index contributed by atoms with van der Waals surface area (Å²) in [4.78, 5) is 0. The lowest BCUT2D eigenvalue weighted by atomic mass is 10.2. The van der Waals surface area contributed by atoms with Crippen LogP contribution in [0.15, 0.2) is 23.3 Å². The molecule has 14 heavy (non-hydrogen) atoms. The number of phenols is 2. The second-order valence-electron chi connectivity index (χ2n) is 2.48. The average Bonchev–Trinajstić information content (AvgIpc) is 2.08. The number of hydrogen-bond acceptors (Lipinski definition) is 4. The molecule has 0 saturated heterocycles. The second kappa shape index (κ2) is 4.43. The lowest BCUT2D eigenvalue weighted by Gasteiger charge is -1.99. The van der Waals surface area contributed by atoms with E-state index in [1.54, 1.807) is 0 Å². The van der Waals surface area contributed by atoms with Gasteiger partial charge in [-0.2, -0.15) is 5.10 Å². The first-order valence-electron chi connectivity index (χ1n) is 3.70. The Bertz CT molecular complexity index is 379. The summed E-state index contributed by atoms with van der Waals surface area (Å²) in [7, 11) is 0. The second-order valence-corrected chi connectivity index (χ2v) is 2.92. The van der Waals surface area contributed by atoms with Crippen LogP contribution in [0.4, 0.5) is 0 Å². The standard InChI is InChI=1S/C8H9N3O2S/c9-8(14)11-10-4-5-1-2-6(12)3-7(5)13/h1-4,12-13H,(H3,9,11,14)/b10-4+. The van der Waals surface area contributed by atoms with Gasteiger partial charge in [0.25, 0.3) is 0 Å². The number of nitrogens with one attached hydrogen (secondary N) is 1. The smallest absolute Gasteiger partial charge is 0.184 e. The van der Waals surface area contributed by atoms with Crippen molar-refractivity contribution in [3.63, 3.8) is 0 Å². The minimum Gasteiger partial charge on any atom is -0.508 e. The van der Waals surface area contributed by atoms with Gasteiger partial charge in [0, 0.05) is 11.6 Å². The van der Waals surface area contributed by atoms with Crippen LogP contribution < -0.4 is 11.2 Å². The maximum atomic E-state index is 9.31. The van der Waals surface area contributed by atoms with Crippen LogP contribution in [0.3, 0.4) is 0 Å². The Morgan fingerprint density at radius 1 is 1.50 bits per heavy atom. The summed E-state index contributed by atoms with van der Waals surface area (Å²) in [6.07, 6.45) is 1.34. The van der Waals surface area contributed by atoms with Gasteiger partial charge < -0.3 is 15.9 Å². The Balaban J connectivity index is 2.76. The highest BCUT2D eigenvalue weighted by atomic mass is 32.1. The first-order chi connectivity index (χ1) is 6.59. The molecular formula is C8H9N3O2S. The summed E-state index contributed by atoms with van der Waals surface area (Å²) in [5.41, 5.74) is 7.91. The number of nitrogens with zero attached hydrogens (tertiary/aromatic N) is 1. The highest BCUT2D eigenvalue weighted by molar-refractivity contribution is 7.80. The third-order valence-electron chi connectivity index (χ3n) is 1.39. The lowest BCUT2D eigenvalue weighted by molar-refractivity contribution is 0.450. The number of hydrogen-bond donors (Lipinski definition) is 4. The third kappa shape index (κ3) is 2.91. The van der Waals surface area contributed by atoms with Crippen molar-refractivity contribution in [1.29, 1.82) is 0 Å². The molecule has 0 bridgehead atoms. The molecule has 5 N–H and O–H groups in total. The third-order valence-corrected chi connectivity index (χ3v) is 1.48. The van der Waals surface area contributed by atoms with E-state index in [2.05, 4.69) is 22.7 Å². The summed E-state index contributed by atoms with van der Waals surface area (Å²) >= 11 is 4.51. The van der Waals surface area contributed by atoms with E-state index in [1.807, 2.05) is 0 Å². The van der Waals surface area contributed by atoms with Crippen LogP contribution in [0.25, 0.3) is 0 Å². The molecule has 0 aliphatic carbocycles. The van der Waals surface area contributed by atoms with Gasteiger partial charge in [0.05, 0.1) is 6.21 Å². The van der Waals surface area contributed by atoms with Gasteiger partial charge >= 0.3 is 0 Å². The molecule has 5 nitrogen and oxygen atoms in total. The molecule has 0 aliphatic heterocycles. The van der Waals surface area contributed by atoms with Crippen LogP contribution in [0.5, 0.6) is 11.5 Å². The first-order valence-corrected chi connectivity index (χ1v) is 4.11. The van der Waals surface area contributed by atoms with Crippen molar-refractivity contribution in [3.8, 4) is 11.5 Å². The van der Waals surface area contributed by atoms with Crippen LogP contribution in [0.1, 0.15) is 5.56 Å². The fourth-order valence-corrected chi connectivity index (χ4v) is 0.859. The average molecular weight is 211 g/mol. The molecule has 0 aliphatic rings. The predicted octanol–water partition coefficient (Wildman–Crippen LogP) is 0.265. The van der Waals surface area contributed by atoms with Gasteiger partial charge in [0.15, 0.2) is 5.11 Å². The van der Waals surface area contributed by atoms with Crippen LogP contribution in [0, 0.1) is 0 Å². The Hall–Kier alpha value is -1.82. The molecule has 0 fully saturated rings. The minimum atomic E-state index is -0.0708. The van der Waals surface area contributed by atoms with Gasteiger partial charge in [0.1, 0.15) is 11.5 Å². The largest absolute Gasteiger partial charge is 0.508 e. The molecule has 0 atom stereocenters. The van der Waals surface area contributed by atoms with Crippen LogP contribution in [-0.2, 0) is 0 Å². The SMILES string of the molecule is NC(=S)N/N=C/c1ccc(O)cc1O. The van der Waals surface area contributed by atoms with Crippen molar-refractivity contribution < 1.29 is 10.2 Å². The molecule has 1 aromatic carbocycles. The molecule has 0 unspecified atom stereocenters. The molecule has 0 saturated carbocycles. The van der Waals surface area contributed by atoms with Gasteiger partial charge in [-0.3, -0.25) is 5.43 Å². The number of benzene rings is 1. The van der Waals surface area contributed by atoms with E-state index in [-0.39, 0.29) is 16.6 Å². The van der Waals surface area contributed by atoms with Crippen LogP contribution in [-0.4, -0.2) is 21.5 Å². The zero-order chi connectivity index (χ0) is 10.6. The highest BCUT2D eigenvalue weighted by Gasteiger charge is 1.98. The molecule has 0 aromatic heterocycles. The first kappa shape index (κ1) is 10.3. The van der Waals surface area contributed by atoms with Crippen molar-refractivity contribution in [2.75, 3.05) is 0 Å². The van der Waals surface area contributed by atoms with E-state index in [0.717, 1.165) is 0 Å². The number of rotatable bonds is 2. The van der Waals surface area contributed by atoms with Gasteiger partial charge in [-0.15, -0.1) is 0 Å². The van der Waals surface area contributed by atoms with E-state index in [4.69, 9.17) is 10.8 Å². The molecule has 0 heterocycles. The maximum Gasteiger partial charge on any atom is 0.184 e. The van der Waals surface area contributed by atoms with Crippen molar-refractivity contribution in [2.45, 2.75) is 0 Å². The summed E-state index contributed by atoms with van der Waals surface area (Å²) in [6.45, 7) is 0. The lowest BCUT2D eigenvalue weighted by Crippen LogP contribution is -2.23. The fraction of sp³-hybridized carbons (Fsp3) is 0. The zero-order valence-corrected chi connectivity index (χ0v) is 7.95. The predicted molar refractivity (Wildman–Crippen MR) is 57.3 cm³/mol. The molecular weight excluding hydrogens is 202 g/mol. The summed E-state index contributed by atoms with van der Waals surface area (Å²) in [6, 6.07) is 4.15. The highest BCUT2D eigenvalue weighted by Crippen LogP contribution is 2.20. The van der Waals surface area contributed by atoms with Crippen molar-refractivity contribution in [3.05, 3.63) is 23.8 Å². The van der Waals surface area contributed by atoms with Gasteiger partial charge in [0.2, 0.25) is 0 Å². The Kier molecular flexibility index (Phi) is 3.24. The number of nitrogens with two attached hydrogens (primary N) is 1. The monoisotopic (exact) mass is 211 g/mol. The summed E-state index contributed by atoms with van der Waals surface area (Å²) in [5, 5.41) is 22.0. The van der Waals surface area contributed by atoms with Gasteiger partial charge in [-0.25, -0.2) is 0 Å². The molecule has 0 radical (unpaired) electrons. The van der Waals surface area contributed by atoms with Crippen molar-refractivity contribution in [1.82, 2.24) is 5.43 Å². The topological polar surface area (TPSA) is 90.9 Å². The fourth-order valence-electron chi connectivity index (χ4n) is 0.807. The van der Waals surface area contributed by atoms with Crippen LogP contribution >= 0.6 is 12.2 Å².